The number of aliphatic hydroxyl groups is 1. The maximum Gasteiger partial charge on any atom is 0.209 e. The monoisotopic (exact) mass is 240 g/mol. The van der Waals surface area contributed by atoms with Crippen LogP contribution in [0.3, 0.4) is 0 Å². The molecule has 0 saturated heterocycles. The van der Waals surface area contributed by atoms with Gasteiger partial charge in [0.25, 0.3) is 0 Å². The van der Waals surface area contributed by atoms with Crippen LogP contribution in [0.2, 0.25) is 0 Å². The zero-order chi connectivity index (χ0) is 11.4. The van der Waals surface area contributed by atoms with Crippen LogP contribution in [0.5, 0.6) is 0 Å². The van der Waals surface area contributed by atoms with Gasteiger partial charge < -0.3 is 5.11 Å². The predicted octanol–water partition coefficient (Wildman–Crippen LogP) is -0.309. The summed E-state index contributed by atoms with van der Waals surface area (Å²) in [5.74, 6) is 0.764. The summed E-state index contributed by atoms with van der Waals surface area (Å²) in [4.78, 5) is 0. The minimum Gasteiger partial charge on any atom is -0.394 e. The van der Waals surface area contributed by atoms with E-state index in [4.69, 9.17) is 5.11 Å². The molecule has 0 unspecified atom stereocenters. The molecule has 7 nitrogen and oxygen atoms in total. The Hall–Kier alpha value is -1.41. The highest BCUT2D eigenvalue weighted by molar-refractivity contribution is 7.98. The lowest BCUT2D eigenvalue weighted by Crippen LogP contribution is -2.05. The molecule has 2 rings (SSSR count). The molecule has 0 bridgehead atoms. The molecule has 0 radical (unpaired) electrons. The normalized spacial score (nSPS) is 10.9. The molecule has 0 aliphatic rings. The Morgan fingerprint density at radius 2 is 2.38 bits per heavy atom. The lowest BCUT2D eigenvalue weighted by Gasteiger charge is -2.00. The van der Waals surface area contributed by atoms with Gasteiger partial charge in [-0.3, -0.25) is 4.68 Å². The van der Waals surface area contributed by atoms with Crippen LogP contribution >= 0.6 is 11.8 Å². The minimum atomic E-state index is 0.0332. The summed E-state index contributed by atoms with van der Waals surface area (Å²) in [7, 11) is 1.88. The molecule has 2 aromatic heterocycles. The van der Waals surface area contributed by atoms with Crippen molar-refractivity contribution in [1.29, 1.82) is 0 Å². The van der Waals surface area contributed by atoms with Gasteiger partial charge in [-0.15, -0.1) is 5.10 Å². The Kier molecular flexibility index (Phi) is 3.52. The Balaban J connectivity index is 1.96. The van der Waals surface area contributed by atoms with Crippen LogP contribution in [0.4, 0.5) is 0 Å². The number of thioether (sulfide) groups is 1. The fourth-order valence-corrected chi connectivity index (χ4v) is 2.05. The van der Waals surface area contributed by atoms with E-state index in [9.17, 15) is 0 Å². The Bertz CT molecular complexity index is 453. The van der Waals surface area contributed by atoms with Crippen molar-refractivity contribution in [3.05, 3.63) is 18.0 Å². The lowest BCUT2D eigenvalue weighted by molar-refractivity contribution is 0.262. The van der Waals surface area contributed by atoms with Gasteiger partial charge in [-0.1, -0.05) is 11.8 Å². The lowest BCUT2D eigenvalue weighted by atomic mass is 10.4. The summed E-state index contributed by atoms with van der Waals surface area (Å²) in [6.07, 6.45) is 3.76. The number of nitrogens with zero attached hydrogens (tertiary/aromatic N) is 6. The third-order valence-electron chi connectivity index (χ3n) is 1.94. The summed E-state index contributed by atoms with van der Waals surface area (Å²) >= 11 is 1.52. The van der Waals surface area contributed by atoms with Gasteiger partial charge in [-0.25, -0.2) is 4.68 Å². The summed E-state index contributed by atoms with van der Waals surface area (Å²) in [5.41, 5.74) is 1.12. The molecule has 0 saturated carbocycles. The smallest absolute Gasteiger partial charge is 0.209 e. The van der Waals surface area contributed by atoms with Crippen LogP contribution in [-0.2, 0) is 19.3 Å². The molecular weight excluding hydrogens is 228 g/mol. The first-order valence-corrected chi connectivity index (χ1v) is 5.75. The van der Waals surface area contributed by atoms with Crippen LogP contribution in [-0.4, -0.2) is 41.7 Å². The zero-order valence-corrected chi connectivity index (χ0v) is 9.63. The molecule has 0 fully saturated rings. The Morgan fingerprint density at radius 1 is 1.50 bits per heavy atom. The van der Waals surface area contributed by atoms with Gasteiger partial charge in [0.05, 0.1) is 19.3 Å². The number of aliphatic hydroxyl groups excluding tert-OH is 1. The van der Waals surface area contributed by atoms with Crippen molar-refractivity contribution in [2.75, 3.05) is 6.61 Å². The van der Waals surface area contributed by atoms with Crippen molar-refractivity contribution < 1.29 is 5.11 Å². The number of tetrazole rings is 1. The fourth-order valence-electron chi connectivity index (χ4n) is 1.23. The summed E-state index contributed by atoms with van der Waals surface area (Å²) < 4.78 is 3.34. The summed E-state index contributed by atoms with van der Waals surface area (Å²) in [6.45, 7) is 0.452. The fraction of sp³-hybridized carbons (Fsp3) is 0.500. The molecule has 86 valence electrons. The van der Waals surface area contributed by atoms with E-state index >= 15 is 0 Å². The van der Waals surface area contributed by atoms with E-state index in [-0.39, 0.29) is 6.61 Å². The van der Waals surface area contributed by atoms with E-state index in [1.165, 1.54) is 11.8 Å². The van der Waals surface area contributed by atoms with E-state index in [1.54, 1.807) is 9.36 Å². The topological polar surface area (TPSA) is 81.7 Å². The van der Waals surface area contributed by atoms with Crippen molar-refractivity contribution in [3.63, 3.8) is 0 Å². The second kappa shape index (κ2) is 5.08. The molecule has 0 atom stereocenters. The van der Waals surface area contributed by atoms with Gasteiger partial charge >= 0.3 is 0 Å². The van der Waals surface area contributed by atoms with Crippen molar-refractivity contribution in [2.45, 2.75) is 17.5 Å². The maximum atomic E-state index is 8.81. The number of hydrogen-bond donors (Lipinski definition) is 1. The van der Waals surface area contributed by atoms with Gasteiger partial charge in [-0.2, -0.15) is 5.10 Å². The number of rotatable bonds is 5. The molecule has 2 heterocycles. The van der Waals surface area contributed by atoms with E-state index in [0.717, 1.165) is 11.3 Å². The zero-order valence-electron chi connectivity index (χ0n) is 8.81. The molecule has 2 aromatic rings. The highest BCUT2D eigenvalue weighted by Gasteiger charge is 2.06. The Labute approximate surface area is 96.5 Å². The second-order valence-corrected chi connectivity index (χ2v) is 4.16. The molecule has 1 N–H and O–H groups in total. The molecule has 0 amide bonds. The van der Waals surface area contributed by atoms with Crippen LogP contribution < -0.4 is 0 Å². The predicted molar refractivity (Wildman–Crippen MR) is 57.7 cm³/mol. The van der Waals surface area contributed by atoms with Crippen molar-refractivity contribution in [1.82, 2.24) is 30.0 Å². The van der Waals surface area contributed by atoms with E-state index in [2.05, 4.69) is 20.6 Å². The molecule has 0 aliphatic carbocycles. The third-order valence-corrected chi connectivity index (χ3v) is 2.97. The number of aryl methyl sites for hydroxylation is 1. The van der Waals surface area contributed by atoms with Crippen molar-refractivity contribution in [2.24, 2.45) is 7.05 Å². The van der Waals surface area contributed by atoms with Crippen LogP contribution in [0.1, 0.15) is 5.56 Å². The van der Waals surface area contributed by atoms with Crippen molar-refractivity contribution >= 4 is 11.8 Å². The van der Waals surface area contributed by atoms with Crippen LogP contribution in [0.15, 0.2) is 17.6 Å². The average Bonchev–Trinajstić information content (AvgIpc) is 2.85. The second-order valence-electron chi connectivity index (χ2n) is 3.22. The summed E-state index contributed by atoms with van der Waals surface area (Å²) in [5, 5.41) is 24.8. The van der Waals surface area contributed by atoms with Crippen molar-refractivity contribution in [3.8, 4) is 0 Å². The van der Waals surface area contributed by atoms with E-state index in [0.29, 0.717) is 11.7 Å². The highest BCUT2D eigenvalue weighted by Crippen LogP contribution is 2.18. The minimum absolute atomic E-state index is 0.0332. The maximum absolute atomic E-state index is 8.81. The van der Waals surface area contributed by atoms with Gasteiger partial charge in [0.2, 0.25) is 5.16 Å². The number of aromatic nitrogens is 6. The van der Waals surface area contributed by atoms with Gasteiger partial charge in [-0.05, 0) is 10.4 Å². The van der Waals surface area contributed by atoms with Crippen LogP contribution in [0.25, 0.3) is 0 Å². The molecule has 0 spiro atoms. The first-order valence-electron chi connectivity index (χ1n) is 4.77. The highest BCUT2D eigenvalue weighted by atomic mass is 32.2. The van der Waals surface area contributed by atoms with Crippen LogP contribution in [0, 0.1) is 0 Å². The van der Waals surface area contributed by atoms with E-state index in [1.807, 2.05) is 19.4 Å². The first kappa shape index (κ1) is 11.1. The first-order chi connectivity index (χ1) is 7.79. The van der Waals surface area contributed by atoms with Gasteiger partial charge in [0, 0.05) is 24.6 Å². The third kappa shape index (κ3) is 2.58. The largest absolute Gasteiger partial charge is 0.394 e. The quantitative estimate of drug-likeness (QED) is 0.722. The Morgan fingerprint density at radius 3 is 3.06 bits per heavy atom. The molecule has 8 heteroatoms. The van der Waals surface area contributed by atoms with Gasteiger partial charge in [0.15, 0.2) is 0 Å². The molecule has 16 heavy (non-hydrogen) atoms. The molecule has 0 aromatic carbocycles. The molecule has 0 aliphatic heterocycles. The molecular formula is C8H12N6OS. The van der Waals surface area contributed by atoms with Gasteiger partial charge in [0.1, 0.15) is 0 Å². The standard InChI is InChI=1S/C8H12N6OS/c1-13-5-7(4-9-13)6-16-8-10-11-12-14(8)2-3-15/h4-5,15H,2-3,6H2,1H3. The average molecular weight is 240 g/mol. The number of hydrogen-bond acceptors (Lipinski definition) is 6. The summed E-state index contributed by atoms with van der Waals surface area (Å²) in [6, 6.07) is 0. The SMILES string of the molecule is Cn1cc(CSc2nnnn2CCO)cn1. The van der Waals surface area contributed by atoms with E-state index < -0.39 is 0 Å².